The number of halogens is 1. The van der Waals surface area contributed by atoms with Gasteiger partial charge in [0.1, 0.15) is 5.75 Å². The number of phenolic OH excluding ortho intramolecular Hbond substituents is 1. The van der Waals surface area contributed by atoms with Gasteiger partial charge in [-0.2, -0.15) is 0 Å². The number of nitrogens with zero attached hydrogens (tertiary/aromatic N) is 1. The summed E-state index contributed by atoms with van der Waals surface area (Å²) in [4.78, 5) is 2.15. The maximum Gasteiger partial charge on any atom is 0.120 e. The van der Waals surface area contributed by atoms with E-state index in [-0.39, 0.29) is 5.75 Å². The Labute approximate surface area is 131 Å². The molecule has 0 atom stereocenters. The van der Waals surface area contributed by atoms with Crippen LogP contribution in [-0.2, 0) is 19.6 Å². The van der Waals surface area contributed by atoms with Crippen molar-refractivity contribution < 1.29 is 5.11 Å². The molecule has 0 aliphatic heterocycles. The van der Waals surface area contributed by atoms with E-state index < -0.39 is 0 Å². The average molecular weight is 305 g/mol. The van der Waals surface area contributed by atoms with Gasteiger partial charge in [0.25, 0.3) is 0 Å². The Morgan fingerprint density at radius 2 is 1.67 bits per heavy atom. The Hall–Kier alpha value is -1.55. The minimum Gasteiger partial charge on any atom is -0.508 e. The van der Waals surface area contributed by atoms with Gasteiger partial charge < -0.3 is 15.3 Å². The normalized spacial score (nSPS) is 11.0. The molecule has 2 N–H and O–H groups in total. The first-order chi connectivity index (χ1) is 10.1. The first-order valence-electron chi connectivity index (χ1n) is 6.96. The molecule has 112 valence electrons. The third kappa shape index (κ3) is 4.74. The molecule has 2 aromatic carbocycles. The van der Waals surface area contributed by atoms with E-state index in [9.17, 15) is 5.11 Å². The number of benzene rings is 2. The molecule has 4 heteroatoms. The maximum absolute atomic E-state index is 9.80. The highest BCUT2D eigenvalue weighted by atomic mass is 35.5. The van der Waals surface area contributed by atoms with Crippen molar-refractivity contribution in [1.82, 2.24) is 10.2 Å². The molecule has 0 aliphatic carbocycles. The minimum atomic E-state index is 0.272. The third-order valence-electron chi connectivity index (χ3n) is 3.28. The van der Waals surface area contributed by atoms with E-state index in [1.165, 1.54) is 11.1 Å². The highest BCUT2D eigenvalue weighted by molar-refractivity contribution is 6.30. The molecule has 0 saturated carbocycles. The van der Waals surface area contributed by atoms with Crippen molar-refractivity contribution in [2.24, 2.45) is 0 Å². The van der Waals surface area contributed by atoms with E-state index in [0.717, 1.165) is 18.7 Å². The summed E-state index contributed by atoms with van der Waals surface area (Å²) in [5.74, 6) is 0.272. The molecule has 0 amide bonds. The van der Waals surface area contributed by atoms with Gasteiger partial charge in [-0.3, -0.25) is 0 Å². The molecule has 0 saturated heterocycles. The minimum absolute atomic E-state index is 0.272. The van der Waals surface area contributed by atoms with Crippen molar-refractivity contribution in [2.45, 2.75) is 19.6 Å². The van der Waals surface area contributed by atoms with Crippen molar-refractivity contribution in [1.29, 1.82) is 0 Å². The smallest absolute Gasteiger partial charge is 0.120 e. The lowest BCUT2D eigenvalue weighted by Gasteiger charge is -2.15. The summed E-state index contributed by atoms with van der Waals surface area (Å²) in [5, 5.41) is 13.8. The molecule has 3 nitrogen and oxygen atoms in total. The first kappa shape index (κ1) is 15.8. The van der Waals surface area contributed by atoms with Crippen LogP contribution in [0.1, 0.15) is 16.7 Å². The standard InChI is InChI=1S/C17H21ClN2O/c1-20(2)12-14-6-4-3-5-13(14)10-19-11-15-9-16(18)7-8-17(15)21/h3-9,19,21H,10-12H2,1-2H3. The first-order valence-corrected chi connectivity index (χ1v) is 7.33. The van der Waals surface area contributed by atoms with Crippen LogP contribution < -0.4 is 5.32 Å². The Morgan fingerprint density at radius 1 is 1.00 bits per heavy atom. The van der Waals surface area contributed by atoms with Crippen LogP contribution in [0.4, 0.5) is 0 Å². The second kappa shape index (κ2) is 7.46. The van der Waals surface area contributed by atoms with Gasteiger partial charge in [0.15, 0.2) is 0 Å². The van der Waals surface area contributed by atoms with Gasteiger partial charge in [0.2, 0.25) is 0 Å². The number of hydrogen-bond acceptors (Lipinski definition) is 3. The molecule has 0 fully saturated rings. The van der Waals surface area contributed by atoms with E-state index in [4.69, 9.17) is 11.6 Å². The number of rotatable bonds is 6. The fourth-order valence-electron chi connectivity index (χ4n) is 2.25. The van der Waals surface area contributed by atoms with Crippen LogP contribution in [-0.4, -0.2) is 24.1 Å². The molecular formula is C17H21ClN2O. The zero-order valence-electron chi connectivity index (χ0n) is 12.4. The van der Waals surface area contributed by atoms with Gasteiger partial charge in [0, 0.05) is 30.2 Å². The van der Waals surface area contributed by atoms with Crippen LogP contribution in [0.5, 0.6) is 5.75 Å². The summed E-state index contributed by atoms with van der Waals surface area (Å²) in [5.41, 5.74) is 3.39. The third-order valence-corrected chi connectivity index (χ3v) is 3.51. The predicted molar refractivity (Wildman–Crippen MR) is 87.5 cm³/mol. The molecule has 2 aromatic rings. The molecule has 2 rings (SSSR count). The van der Waals surface area contributed by atoms with E-state index in [2.05, 4.69) is 42.5 Å². The highest BCUT2D eigenvalue weighted by Crippen LogP contribution is 2.21. The van der Waals surface area contributed by atoms with E-state index >= 15 is 0 Å². The summed E-state index contributed by atoms with van der Waals surface area (Å²) in [6, 6.07) is 13.5. The average Bonchev–Trinajstić information content (AvgIpc) is 2.44. The number of phenols is 1. The highest BCUT2D eigenvalue weighted by Gasteiger charge is 2.05. The van der Waals surface area contributed by atoms with Crippen LogP contribution in [0.15, 0.2) is 42.5 Å². The van der Waals surface area contributed by atoms with Crippen molar-refractivity contribution in [2.75, 3.05) is 14.1 Å². The molecular weight excluding hydrogens is 284 g/mol. The van der Waals surface area contributed by atoms with Gasteiger partial charge >= 0.3 is 0 Å². The molecule has 0 aliphatic rings. The van der Waals surface area contributed by atoms with Gasteiger partial charge in [0.05, 0.1) is 0 Å². The largest absolute Gasteiger partial charge is 0.508 e. The van der Waals surface area contributed by atoms with Crippen LogP contribution in [0, 0.1) is 0 Å². The second-order valence-electron chi connectivity index (χ2n) is 5.38. The number of aromatic hydroxyl groups is 1. The topological polar surface area (TPSA) is 35.5 Å². The maximum atomic E-state index is 9.80. The zero-order chi connectivity index (χ0) is 15.2. The van der Waals surface area contributed by atoms with E-state index in [1.807, 2.05) is 6.07 Å². The van der Waals surface area contributed by atoms with Gasteiger partial charge in [-0.25, -0.2) is 0 Å². The van der Waals surface area contributed by atoms with E-state index in [1.54, 1.807) is 18.2 Å². The predicted octanol–water partition coefficient (Wildman–Crippen LogP) is 3.40. The Kier molecular flexibility index (Phi) is 5.62. The Bertz CT molecular complexity index is 599. The quantitative estimate of drug-likeness (QED) is 0.858. The van der Waals surface area contributed by atoms with Gasteiger partial charge in [-0.15, -0.1) is 0 Å². The summed E-state index contributed by atoms with van der Waals surface area (Å²) in [6.07, 6.45) is 0. The molecule has 21 heavy (non-hydrogen) atoms. The van der Waals surface area contributed by atoms with Crippen molar-refractivity contribution in [3.05, 3.63) is 64.2 Å². The van der Waals surface area contributed by atoms with Crippen molar-refractivity contribution in [3.8, 4) is 5.75 Å². The van der Waals surface area contributed by atoms with E-state index in [0.29, 0.717) is 11.6 Å². The Balaban J connectivity index is 1.99. The van der Waals surface area contributed by atoms with Crippen molar-refractivity contribution in [3.63, 3.8) is 0 Å². The monoisotopic (exact) mass is 304 g/mol. The van der Waals surface area contributed by atoms with Crippen LogP contribution >= 0.6 is 11.6 Å². The SMILES string of the molecule is CN(C)Cc1ccccc1CNCc1cc(Cl)ccc1O. The summed E-state index contributed by atoms with van der Waals surface area (Å²) >= 11 is 5.95. The van der Waals surface area contributed by atoms with Gasteiger partial charge in [-0.1, -0.05) is 35.9 Å². The fraction of sp³-hybridized carbons (Fsp3) is 0.294. The zero-order valence-corrected chi connectivity index (χ0v) is 13.2. The summed E-state index contributed by atoms with van der Waals surface area (Å²) < 4.78 is 0. The van der Waals surface area contributed by atoms with Crippen molar-refractivity contribution >= 4 is 11.6 Å². The summed E-state index contributed by atoms with van der Waals surface area (Å²) in [6.45, 7) is 2.26. The number of hydrogen-bond donors (Lipinski definition) is 2. The molecule has 0 aromatic heterocycles. The van der Waals surface area contributed by atoms with Gasteiger partial charge in [-0.05, 0) is 43.4 Å². The molecule has 0 bridgehead atoms. The van der Waals surface area contributed by atoms with Crippen LogP contribution in [0.25, 0.3) is 0 Å². The Morgan fingerprint density at radius 3 is 2.38 bits per heavy atom. The number of nitrogens with one attached hydrogen (secondary N) is 1. The van der Waals surface area contributed by atoms with Crippen LogP contribution in [0.3, 0.4) is 0 Å². The van der Waals surface area contributed by atoms with Crippen LogP contribution in [0.2, 0.25) is 5.02 Å². The fourth-order valence-corrected chi connectivity index (χ4v) is 2.45. The lowest BCUT2D eigenvalue weighted by atomic mass is 10.1. The molecule has 0 spiro atoms. The summed E-state index contributed by atoms with van der Waals surface area (Å²) in [7, 11) is 4.13. The molecule has 0 heterocycles. The molecule has 0 unspecified atom stereocenters. The lowest BCUT2D eigenvalue weighted by Crippen LogP contribution is -2.17. The second-order valence-corrected chi connectivity index (χ2v) is 5.82. The lowest BCUT2D eigenvalue weighted by molar-refractivity contribution is 0.400. The molecule has 0 radical (unpaired) electrons.